The SMILES string of the molecule is O=S(=O)(F)c1snnc1-c1ccccc1. The summed E-state index contributed by atoms with van der Waals surface area (Å²) >= 11 is 0.527. The molecule has 0 aliphatic heterocycles. The first-order chi connectivity index (χ1) is 7.09. The quantitative estimate of drug-likeness (QED) is 0.756. The van der Waals surface area contributed by atoms with Gasteiger partial charge in [-0.25, -0.2) is 0 Å². The number of benzene rings is 1. The summed E-state index contributed by atoms with van der Waals surface area (Å²) in [7, 11) is -4.74. The Balaban J connectivity index is 2.61. The number of hydrogen-bond donors (Lipinski definition) is 0. The van der Waals surface area contributed by atoms with Crippen molar-refractivity contribution < 1.29 is 12.3 Å². The van der Waals surface area contributed by atoms with Gasteiger partial charge in [0.05, 0.1) is 0 Å². The Hall–Kier alpha value is -1.34. The average Bonchev–Trinajstić information content (AvgIpc) is 2.67. The second kappa shape index (κ2) is 3.67. The lowest BCUT2D eigenvalue weighted by Gasteiger charge is -1.96. The molecule has 1 heterocycles. The Bertz CT molecular complexity index is 565. The molecule has 1 aromatic heterocycles. The molecule has 0 aliphatic rings. The number of aromatic nitrogens is 2. The van der Waals surface area contributed by atoms with Crippen molar-refractivity contribution in [2.75, 3.05) is 0 Å². The summed E-state index contributed by atoms with van der Waals surface area (Å²) < 4.78 is 37.3. The van der Waals surface area contributed by atoms with Crippen LogP contribution in [0.1, 0.15) is 0 Å². The van der Waals surface area contributed by atoms with Gasteiger partial charge >= 0.3 is 10.2 Å². The first-order valence-electron chi connectivity index (χ1n) is 3.91. The van der Waals surface area contributed by atoms with E-state index in [0.29, 0.717) is 17.1 Å². The predicted molar refractivity (Wildman–Crippen MR) is 53.6 cm³/mol. The van der Waals surface area contributed by atoms with Gasteiger partial charge in [-0.15, -0.1) is 5.10 Å². The molecule has 1 aromatic carbocycles. The highest BCUT2D eigenvalue weighted by atomic mass is 32.3. The van der Waals surface area contributed by atoms with Crippen molar-refractivity contribution in [2.45, 2.75) is 4.21 Å². The molecule has 0 fully saturated rings. The molecule has 15 heavy (non-hydrogen) atoms. The molecule has 0 saturated heterocycles. The van der Waals surface area contributed by atoms with Gasteiger partial charge in [-0.05, 0) is 0 Å². The van der Waals surface area contributed by atoms with Crippen molar-refractivity contribution in [3.8, 4) is 11.3 Å². The monoisotopic (exact) mass is 244 g/mol. The molecular formula is C8H5FN2O2S2. The number of rotatable bonds is 2. The van der Waals surface area contributed by atoms with Crippen molar-refractivity contribution in [1.82, 2.24) is 9.59 Å². The van der Waals surface area contributed by atoms with E-state index >= 15 is 0 Å². The number of hydrogen-bond acceptors (Lipinski definition) is 5. The van der Waals surface area contributed by atoms with E-state index in [1.54, 1.807) is 30.3 Å². The van der Waals surface area contributed by atoms with Crippen LogP contribution in [0.15, 0.2) is 34.5 Å². The maximum absolute atomic E-state index is 12.8. The molecule has 0 spiro atoms. The maximum atomic E-state index is 12.8. The first kappa shape index (κ1) is 10.2. The van der Waals surface area contributed by atoms with Gasteiger partial charge in [0.2, 0.25) is 0 Å². The van der Waals surface area contributed by atoms with E-state index in [0.717, 1.165) is 0 Å². The molecule has 0 radical (unpaired) electrons. The number of nitrogens with zero attached hydrogens (tertiary/aromatic N) is 2. The molecule has 0 atom stereocenters. The van der Waals surface area contributed by atoms with Crippen LogP contribution in [-0.2, 0) is 10.2 Å². The van der Waals surface area contributed by atoms with Crippen molar-refractivity contribution in [3.63, 3.8) is 0 Å². The molecule has 78 valence electrons. The third-order valence-corrected chi connectivity index (χ3v) is 3.71. The highest BCUT2D eigenvalue weighted by Gasteiger charge is 2.22. The first-order valence-corrected chi connectivity index (χ1v) is 6.07. The fraction of sp³-hybridized carbons (Fsp3) is 0. The predicted octanol–water partition coefficient (Wildman–Crippen LogP) is 1.86. The van der Waals surface area contributed by atoms with Crippen molar-refractivity contribution in [2.24, 2.45) is 0 Å². The van der Waals surface area contributed by atoms with Gasteiger partial charge in [0, 0.05) is 17.1 Å². The van der Waals surface area contributed by atoms with Crippen LogP contribution in [0.2, 0.25) is 0 Å². The lowest BCUT2D eigenvalue weighted by molar-refractivity contribution is 0.554. The summed E-state index contributed by atoms with van der Waals surface area (Å²) in [6, 6.07) is 8.48. The molecule has 2 rings (SSSR count). The van der Waals surface area contributed by atoms with E-state index < -0.39 is 14.4 Å². The van der Waals surface area contributed by atoms with Crippen molar-refractivity contribution in [1.29, 1.82) is 0 Å². The summed E-state index contributed by atoms with van der Waals surface area (Å²) in [5.74, 6) is 0. The fourth-order valence-corrected chi connectivity index (χ4v) is 2.40. The van der Waals surface area contributed by atoms with E-state index in [-0.39, 0.29) is 5.69 Å². The minimum absolute atomic E-state index is 0.0584. The van der Waals surface area contributed by atoms with Crippen molar-refractivity contribution in [3.05, 3.63) is 30.3 Å². The minimum atomic E-state index is -4.74. The summed E-state index contributed by atoms with van der Waals surface area (Å²) in [4.78, 5) is 0. The molecule has 0 N–H and O–H groups in total. The zero-order chi connectivity index (χ0) is 10.9. The van der Waals surface area contributed by atoms with Gasteiger partial charge in [-0.3, -0.25) is 0 Å². The van der Waals surface area contributed by atoms with Gasteiger partial charge < -0.3 is 0 Å². The lowest BCUT2D eigenvalue weighted by atomic mass is 10.2. The average molecular weight is 244 g/mol. The summed E-state index contributed by atoms with van der Waals surface area (Å²) in [6.07, 6.45) is 0. The Morgan fingerprint density at radius 1 is 1.20 bits per heavy atom. The maximum Gasteiger partial charge on any atom is 0.345 e. The smallest absolute Gasteiger partial charge is 0.188 e. The van der Waals surface area contributed by atoms with E-state index in [9.17, 15) is 12.3 Å². The van der Waals surface area contributed by atoms with Crippen LogP contribution in [0.3, 0.4) is 0 Å². The molecule has 0 saturated carbocycles. The Morgan fingerprint density at radius 2 is 1.87 bits per heavy atom. The van der Waals surface area contributed by atoms with Crippen molar-refractivity contribution >= 4 is 21.8 Å². The van der Waals surface area contributed by atoms with Crippen LogP contribution < -0.4 is 0 Å². The summed E-state index contributed by atoms with van der Waals surface area (Å²) in [6.45, 7) is 0. The van der Waals surface area contributed by atoms with Gasteiger partial charge in [0.1, 0.15) is 5.69 Å². The normalized spacial score (nSPS) is 11.5. The van der Waals surface area contributed by atoms with Crippen LogP contribution in [0.4, 0.5) is 3.89 Å². The van der Waals surface area contributed by atoms with E-state index in [2.05, 4.69) is 9.59 Å². The highest BCUT2D eigenvalue weighted by molar-refractivity contribution is 7.88. The topological polar surface area (TPSA) is 59.9 Å². The molecule has 0 amide bonds. The molecular weight excluding hydrogens is 239 g/mol. The molecule has 4 nitrogen and oxygen atoms in total. The molecule has 2 aromatic rings. The second-order valence-electron chi connectivity index (χ2n) is 2.71. The third-order valence-electron chi connectivity index (χ3n) is 1.73. The highest BCUT2D eigenvalue weighted by Crippen LogP contribution is 2.28. The lowest BCUT2D eigenvalue weighted by Crippen LogP contribution is -1.91. The Morgan fingerprint density at radius 3 is 2.47 bits per heavy atom. The van der Waals surface area contributed by atoms with Gasteiger partial charge in [0.25, 0.3) is 0 Å². The van der Waals surface area contributed by atoms with Gasteiger partial charge in [-0.1, -0.05) is 38.7 Å². The van der Waals surface area contributed by atoms with Crippen LogP contribution in [-0.4, -0.2) is 18.0 Å². The molecule has 0 unspecified atom stereocenters. The molecule has 0 bridgehead atoms. The number of halogens is 1. The van der Waals surface area contributed by atoms with Gasteiger partial charge in [-0.2, -0.15) is 8.42 Å². The van der Waals surface area contributed by atoms with Crippen LogP contribution >= 0.6 is 11.5 Å². The summed E-state index contributed by atoms with van der Waals surface area (Å²) in [5.41, 5.74) is 0.588. The third kappa shape index (κ3) is 2.02. The minimum Gasteiger partial charge on any atom is -0.188 e. The van der Waals surface area contributed by atoms with Crippen LogP contribution in [0.5, 0.6) is 0 Å². The van der Waals surface area contributed by atoms with E-state index in [1.165, 1.54) is 0 Å². The zero-order valence-corrected chi connectivity index (χ0v) is 8.93. The van der Waals surface area contributed by atoms with Crippen LogP contribution in [0, 0.1) is 0 Å². The Labute approximate surface area is 89.8 Å². The largest absolute Gasteiger partial charge is 0.345 e. The van der Waals surface area contributed by atoms with Gasteiger partial charge in [0.15, 0.2) is 4.21 Å². The van der Waals surface area contributed by atoms with Crippen LogP contribution in [0.25, 0.3) is 11.3 Å². The zero-order valence-electron chi connectivity index (χ0n) is 7.29. The van der Waals surface area contributed by atoms with E-state index in [4.69, 9.17) is 0 Å². The molecule has 0 aliphatic carbocycles. The fourth-order valence-electron chi connectivity index (χ4n) is 1.11. The standard InChI is InChI=1S/C8H5FN2O2S2/c9-15(12,13)8-7(10-11-14-8)6-4-2-1-3-5-6/h1-5H. The van der Waals surface area contributed by atoms with E-state index in [1.807, 2.05) is 0 Å². The second-order valence-corrected chi connectivity index (χ2v) is 5.01. The molecule has 7 heteroatoms. The Kier molecular flexibility index (Phi) is 2.49. The summed E-state index contributed by atoms with van der Waals surface area (Å²) in [5, 5.41) is 3.60.